The smallest absolute Gasteiger partial charge is 0.128 e. The van der Waals surface area contributed by atoms with E-state index < -0.39 is 8.07 Å². The Morgan fingerprint density at radius 1 is 0.957 bits per heavy atom. The minimum absolute atomic E-state index is 0.247. The van der Waals surface area contributed by atoms with Crippen molar-refractivity contribution < 1.29 is 9.84 Å². The molecule has 2 aromatic rings. The molecule has 2 aliphatic heterocycles. The number of hydrogen-bond acceptors (Lipinski definition) is 2. The van der Waals surface area contributed by atoms with Crippen molar-refractivity contribution in [3.63, 3.8) is 0 Å². The van der Waals surface area contributed by atoms with Gasteiger partial charge in [0.1, 0.15) is 8.07 Å². The Kier molecular flexibility index (Phi) is 3.67. The standard InChI is InChI=1S/C20H24O2Si/c1-14(2)18(21)20-19-17(22-19)13-23(20,15-9-5-3-6-10-15)16-11-7-4-8-12-16/h3-12,14,17-21H,13H2,1-2H3/t17-,18+,19-,20+/m0/s1. The van der Waals surface area contributed by atoms with Crippen molar-refractivity contribution in [3.8, 4) is 0 Å². The summed E-state index contributed by atoms with van der Waals surface area (Å²) in [5.41, 5.74) is 0.247. The molecule has 0 radical (unpaired) electrons. The van der Waals surface area contributed by atoms with E-state index in [0.29, 0.717) is 6.10 Å². The number of ether oxygens (including phenoxy) is 1. The minimum Gasteiger partial charge on any atom is -0.393 e. The summed E-state index contributed by atoms with van der Waals surface area (Å²) in [6.07, 6.45) is 0.291. The maximum absolute atomic E-state index is 11.0. The van der Waals surface area contributed by atoms with Gasteiger partial charge in [-0.2, -0.15) is 0 Å². The van der Waals surface area contributed by atoms with Gasteiger partial charge < -0.3 is 9.84 Å². The van der Waals surface area contributed by atoms with Crippen LogP contribution >= 0.6 is 0 Å². The summed E-state index contributed by atoms with van der Waals surface area (Å²) in [4.78, 5) is 0. The van der Waals surface area contributed by atoms with Crippen LogP contribution < -0.4 is 10.4 Å². The molecule has 120 valence electrons. The summed E-state index contributed by atoms with van der Waals surface area (Å²) in [6.45, 7) is 4.24. The first kappa shape index (κ1) is 15.1. The number of aliphatic hydroxyl groups is 1. The Labute approximate surface area is 139 Å². The quantitative estimate of drug-likeness (QED) is 0.692. The molecule has 0 aromatic heterocycles. The molecule has 0 aliphatic carbocycles. The fourth-order valence-corrected chi connectivity index (χ4v) is 10.7. The zero-order valence-electron chi connectivity index (χ0n) is 13.7. The van der Waals surface area contributed by atoms with Crippen molar-refractivity contribution in [1.82, 2.24) is 0 Å². The molecule has 2 aliphatic rings. The van der Waals surface area contributed by atoms with E-state index in [1.54, 1.807) is 0 Å². The molecular weight excluding hydrogens is 300 g/mol. The first-order chi connectivity index (χ1) is 11.1. The summed E-state index contributed by atoms with van der Waals surface area (Å²) in [5.74, 6) is 0.252. The van der Waals surface area contributed by atoms with Crippen LogP contribution in [0.3, 0.4) is 0 Å². The highest BCUT2D eigenvalue weighted by molar-refractivity contribution is 7.04. The minimum atomic E-state index is -2.03. The number of aliphatic hydroxyl groups excluding tert-OH is 1. The topological polar surface area (TPSA) is 32.8 Å². The first-order valence-electron chi connectivity index (χ1n) is 8.59. The number of epoxide rings is 1. The number of hydrogen-bond donors (Lipinski definition) is 1. The second-order valence-corrected chi connectivity index (χ2v) is 11.5. The highest BCUT2D eigenvalue weighted by atomic mass is 28.3. The molecule has 0 spiro atoms. The molecular formula is C20H24O2Si. The average molecular weight is 324 g/mol. The number of benzene rings is 2. The number of fused-ring (bicyclic) bond motifs is 1. The van der Waals surface area contributed by atoms with Gasteiger partial charge in [-0.3, -0.25) is 0 Å². The van der Waals surface area contributed by atoms with Gasteiger partial charge in [-0.1, -0.05) is 84.9 Å². The van der Waals surface area contributed by atoms with Crippen LogP contribution in [0.4, 0.5) is 0 Å². The van der Waals surface area contributed by atoms with Gasteiger partial charge in [-0.15, -0.1) is 0 Å². The maximum Gasteiger partial charge on any atom is 0.128 e. The van der Waals surface area contributed by atoms with E-state index in [2.05, 4.69) is 74.5 Å². The third-order valence-corrected chi connectivity index (χ3v) is 11.3. The van der Waals surface area contributed by atoms with Crippen LogP contribution in [0.15, 0.2) is 60.7 Å². The van der Waals surface area contributed by atoms with Gasteiger partial charge >= 0.3 is 0 Å². The fourth-order valence-electron chi connectivity index (χ4n) is 4.53. The van der Waals surface area contributed by atoms with Crippen LogP contribution in [0.2, 0.25) is 11.6 Å². The maximum atomic E-state index is 11.0. The van der Waals surface area contributed by atoms with Crippen molar-refractivity contribution in [2.45, 2.75) is 43.7 Å². The monoisotopic (exact) mass is 324 g/mol. The van der Waals surface area contributed by atoms with Gasteiger partial charge in [0, 0.05) is 5.54 Å². The lowest BCUT2D eigenvalue weighted by Crippen LogP contribution is -2.63. The van der Waals surface area contributed by atoms with Crippen LogP contribution in [0.1, 0.15) is 13.8 Å². The second kappa shape index (κ2) is 5.59. The Hall–Kier alpha value is -1.42. The van der Waals surface area contributed by atoms with Crippen LogP contribution in [-0.2, 0) is 4.74 Å². The predicted molar refractivity (Wildman–Crippen MR) is 96.0 cm³/mol. The molecule has 23 heavy (non-hydrogen) atoms. The summed E-state index contributed by atoms with van der Waals surface area (Å²) in [6, 6.07) is 22.9. The van der Waals surface area contributed by atoms with E-state index in [0.717, 1.165) is 6.04 Å². The van der Waals surface area contributed by atoms with E-state index in [-0.39, 0.29) is 23.7 Å². The molecule has 0 unspecified atom stereocenters. The van der Waals surface area contributed by atoms with Crippen LogP contribution in [0, 0.1) is 5.92 Å². The largest absolute Gasteiger partial charge is 0.393 e. The molecule has 2 aromatic carbocycles. The molecule has 4 atom stereocenters. The van der Waals surface area contributed by atoms with Crippen molar-refractivity contribution in [1.29, 1.82) is 0 Å². The summed E-state index contributed by atoms with van der Waals surface area (Å²) in [7, 11) is -2.03. The average Bonchev–Trinajstić information content (AvgIpc) is 3.26. The zero-order valence-corrected chi connectivity index (χ0v) is 14.7. The molecule has 0 amide bonds. The van der Waals surface area contributed by atoms with Gasteiger partial charge in [-0.25, -0.2) is 0 Å². The summed E-state index contributed by atoms with van der Waals surface area (Å²) in [5, 5.41) is 13.9. The van der Waals surface area contributed by atoms with Gasteiger partial charge in [0.05, 0.1) is 18.3 Å². The first-order valence-corrected chi connectivity index (χ1v) is 10.9. The third kappa shape index (κ3) is 2.30. The molecule has 0 bridgehead atoms. The van der Waals surface area contributed by atoms with E-state index in [1.165, 1.54) is 10.4 Å². The molecule has 4 rings (SSSR count). The van der Waals surface area contributed by atoms with E-state index >= 15 is 0 Å². The molecule has 1 N–H and O–H groups in total. The summed E-state index contributed by atoms with van der Waals surface area (Å²) < 4.78 is 5.91. The molecule has 3 heteroatoms. The lowest BCUT2D eigenvalue weighted by molar-refractivity contribution is 0.104. The van der Waals surface area contributed by atoms with E-state index in [9.17, 15) is 5.11 Å². The molecule has 2 heterocycles. The van der Waals surface area contributed by atoms with Crippen LogP contribution in [0.25, 0.3) is 0 Å². The third-order valence-electron chi connectivity index (χ3n) is 5.70. The van der Waals surface area contributed by atoms with Gasteiger partial charge in [0.25, 0.3) is 0 Å². The van der Waals surface area contributed by atoms with Gasteiger partial charge in [0.2, 0.25) is 0 Å². The SMILES string of the molecule is CC(C)[C@@H](O)[C@@H]1[C@H]2O[C@H]2C[Si]1(c1ccccc1)c1ccccc1. The van der Waals surface area contributed by atoms with Crippen molar-refractivity contribution in [2.24, 2.45) is 5.92 Å². The lowest BCUT2D eigenvalue weighted by atomic mass is 10.0. The Balaban J connectivity index is 1.89. The van der Waals surface area contributed by atoms with Crippen molar-refractivity contribution in [2.75, 3.05) is 0 Å². The van der Waals surface area contributed by atoms with E-state index in [1.807, 2.05) is 0 Å². The molecule has 2 fully saturated rings. The Morgan fingerprint density at radius 3 is 1.96 bits per heavy atom. The van der Waals surface area contributed by atoms with Gasteiger partial charge in [0.15, 0.2) is 0 Å². The van der Waals surface area contributed by atoms with Crippen LogP contribution in [-0.4, -0.2) is 31.5 Å². The van der Waals surface area contributed by atoms with Crippen molar-refractivity contribution in [3.05, 3.63) is 60.7 Å². The van der Waals surface area contributed by atoms with Crippen molar-refractivity contribution >= 4 is 18.4 Å². The van der Waals surface area contributed by atoms with E-state index in [4.69, 9.17) is 4.74 Å². The summed E-state index contributed by atoms with van der Waals surface area (Å²) >= 11 is 0. The van der Waals surface area contributed by atoms with Crippen LogP contribution in [0.5, 0.6) is 0 Å². The second-order valence-electron chi connectivity index (χ2n) is 7.31. The highest BCUT2D eigenvalue weighted by Crippen LogP contribution is 2.54. The lowest BCUT2D eigenvalue weighted by Gasteiger charge is -2.40. The molecule has 2 nitrogen and oxygen atoms in total. The number of rotatable bonds is 4. The molecule has 2 saturated heterocycles. The highest BCUT2D eigenvalue weighted by Gasteiger charge is 2.67. The molecule has 0 saturated carbocycles. The Morgan fingerprint density at radius 2 is 1.48 bits per heavy atom. The normalized spacial score (nSPS) is 29.3. The predicted octanol–water partition coefficient (Wildman–Crippen LogP) is 2.42. The Bertz CT molecular complexity index is 631. The van der Waals surface area contributed by atoms with Gasteiger partial charge in [-0.05, 0) is 12.0 Å². The zero-order chi connectivity index (χ0) is 16.0. The fraction of sp³-hybridized carbons (Fsp3) is 0.400.